The summed E-state index contributed by atoms with van der Waals surface area (Å²) in [6.45, 7) is 2.27. The van der Waals surface area contributed by atoms with Crippen molar-refractivity contribution >= 4 is 16.7 Å². The first kappa shape index (κ1) is 23.9. The van der Waals surface area contributed by atoms with E-state index in [1.807, 2.05) is 31.2 Å². The molecule has 2 aliphatic heterocycles. The number of ether oxygens (including phenoxy) is 2. The van der Waals surface area contributed by atoms with Crippen molar-refractivity contribution in [3.63, 3.8) is 0 Å². The van der Waals surface area contributed by atoms with Crippen LogP contribution in [0.5, 0.6) is 17.5 Å². The van der Waals surface area contributed by atoms with Gasteiger partial charge in [0, 0.05) is 17.2 Å². The van der Waals surface area contributed by atoms with Gasteiger partial charge in [0.25, 0.3) is 0 Å². The minimum Gasteiger partial charge on any atom is -0.494 e. The highest BCUT2D eigenvalue weighted by Crippen LogP contribution is 2.65. The minimum atomic E-state index is -0.800. The highest BCUT2D eigenvalue weighted by Gasteiger charge is 2.61. The average molecular weight is 510 g/mol. The first-order valence-corrected chi connectivity index (χ1v) is 12.6. The van der Waals surface area contributed by atoms with Crippen molar-refractivity contribution in [1.29, 1.82) is 5.26 Å². The van der Waals surface area contributed by atoms with E-state index in [4.69, 9.17) is 15.2 Å². The number of nitriles is 1. The van der Waals surface area contributed by atoms with Gasteiger partial charge in [0.05, 0.1) is 47.1 Å². The average Bonchev–Trinajstić information content (AvgIpc) is 3.48. The van der Waals surface area contributed by atoms with E-state index >= 15 is 0 Å². The second-order valence-corrected chi connectivity index (χ2v) is 10.2. The van der Waals surface area contributed by atoms with Crippen molar-refractivity contribution in [2.75, 3.05) is 6.61 Å². The van der Waals surface area contributed by atoms with Crippen LogP contribution in [0, 0.1) is 11.3 Å². The molecule has 4 N–H and O–H groups in total. The summed E-state index contributed by atoms with van der Waals surface area (Å²) in [5.74, 6) is 0.150. The summed E-state index contributed by atoms with van der Waals surface area (Å²) in [5, 5.41) is 34.1. The summed E-state index contributed by atoms with van der Waals surface area (Å²) in [7, 11) is 0. The molecular formula is C30H27N3O5. The van der Waals surface area contributed by atoms with Crippen molar-refractivity contribution in [2.45, 2.75) is 43.8 Å². The zero-order valence-corrected chi connectivity index (χ0v) is 20.9. The largest absolute Gasteiger partial charge is 0.494 e. The number of nitrogens with two attached hydrogens (primary N) is 1. The summed E-state index contributed by atoms with van der Waals surface area (Å²) in [5.41, 5.74) is 6.85. The summed E-state index contributed by atoms with van der Waals surface area (Å²) in [4.78, 5) is 11.1. The summed E-state index contributed by atoms with van der Waals surface area (Å²) < 4.78 is 14.0. The third kappa shape index (κ3) is 3.51. The lowest BCUT2D eigenvalue weighted by Gasteiger charge is -2.26. The van der Waals surface area contributed by atoms with Gasteiger partial charge < -0.3 is 25.4 Å². The van der Waals surface area contributed by atoms with Crippen LogP contribution in [0.2, 0.25) is 0 Å². The Morgan fingerprint density at radius 1 is 1.05 bits per heavy atom. The van der Waals surface area contributed by atoms with Gasteiger partial charge in [-0.05, 0) is 49.6 Å². The number of primary amides is 1. The van der Waals surface area contributed by atoms with E-state index in [1.54, 1.807) is 36.4 Å². The normalized spacial score (nSPS) is 21.4. The quantitative estimate of drug-likeness (QED) is 0.333. The molecule has 2 bridgehead atoms. The molecule has 0 spiro atoms. The van der Waals surface area contributed by atoms with E-state index in [0.717, 1.165) is 16.3 Å². The van der Waals surface area contributed by atoms with Crippen molar-refractivity contribution in [1.82, 2.24) is 4.57 Å². The molecule has 0 radical (unpaired) electrons. The Morgan fingerprint density at radius 2 is 1.76 bits per heavy atom. The van der Waals surface area contributed by atoms with Gasteiger partial charge in [0.1, 0.15) is 11.4 Å². The van der Waals surface area contributed by atoms with Gasteiger partial charge in [-0.1, -0.05) is 36.4 Å². The van der Waals surface area contributed by atoms with Gasteiger partial charge in [0.15, 0.2) is 0 Å². The fourth-order valence-corrected chi connectivity index (χ4v) is 6.15. The molecule has 1 amide bonds. The van der Waals surface area contributed by atoms with Gasteiger partial charge in [0.2, 0.25) is 17.7 Å². The lowest BCUT2D eigenvalue weighted by Crippen LogP contribution is -2.25. The zero-order chi connectivity index (χ0) is 26.7. The number of nitrogens with zero attached hydrogens (tertiary/aromatic N) is 2. The molecule has 0 saturated carbocycles. The second kappa shape index (κ2) is 8.54. The van der Waals surface area contributed by atoms with Crippen LogP contribution >= 0.6 is 0 Å². The third-order valence-electron chi connectivity index (χ3n) is 7.87. The van der Waals surface area contributed by atoms with Crippen LogP contribution in [0.15, 0.2) is 60.7 Å². The fourth-order valence-electron chi connectivity index (χ4n) is 6.15. The predicted molar refractivity (Wildman–Crippen MR) is 140 cm³/mol. The molecule has 4 aromatic rings. The highest BCUT2D eigenvalue weighted by molar-refractivity contribution is 5.95. The molecule has 1 aromatic heterocycles. The summed E-state index contributed by atoms with van der Waals surface area (Å²) in [6.07, 6.45) is 2.03. The maximum absolute atomic E-state index is 11.6. The Labute approximate surface area is 219 Å². The molecule has 2 aliphatic rings. The monoisotopic (exact) mass is 509 g/mol. The third-order valence-corrected chi connectivity index (χ3v) is 7.87. The number of hydrogen-bond acceptors (Lipinski definition) is 6. The fraction of sp³-hybridized carbons (Fsp3) is 0.267. The Balaban J connectivity index is 1.34. The lowest BCUT2D eigenvalue weighted by molar-refractivity contribution is -0.117. The summed E-state index contributed by atoms with van der Waals surface area (Å²) >= 11 is 0. The molecular weight excluding hydrogens is 482 g/mol. The SMILES string of the molecule is C[C@]12CC[C@](CCOc3ccc(CC(N)=O)cc3)(O1)c1c2c(O)n(-c2ccc(C#N)c3ccccc23)c1O. The number of amides is 1. The molecule has 192 valence electrons. The van der Waals surface area contributed by atoms with E-state index in [2.05, 4.69) is 6.07 Å². The van der Waals surface area contributed by atoms with Crippen LogP contribution < -0.4 is 10.5 Å². The van der Waals surface area contributed by atoms with Crippen LogP contribution in [0.25, 0.3) is 16.5 Å². The Bertz CT molecular complexity index is 1630. The molecule has 6 rings (SSSR count). The molecule has 8 heteroatoms. The zero-order valence-electron chi connectivity index (χ0n) is 20.9. The predicted octanol–water partition coefficient (Wildman–Crippen LogP) is 4.64. The van der Waals surface area contributed by atoms with E-state index in [9.17, 15) is 20.3 Å². The van der Waals surface area contributed by atoms with Crippen molar-refractivity contribution in [3.05, 3.63) is 82.9 Å². The maximum atomic E-state index is 11.6. The maximum Gasteiger partial charge on any atom is 0.221 e. The number of rotatable bonds is 7. The van der Waals surface area contributed by atoms with Gasteiger partial charge in [-0.2, -0.15) is 5.26 Å². The van der Waals surface area contributed by atoms with E-state index in [0.29, 0.717) is 54.0 Å². The number of aromatic hydroxyl groups is 2. The molecule has 1 saturated heterocycles. The number of carbonyl (C=O) groups is 1. The molecule has 0 aliphatic carbocycles. The van der Waals surface area contributed by atoms with Gasteiger partial charge >= 0.3 is 0 Å². The number of hydrogen-bond donors (Lipinski definition) is 3. The molecule has 1 fully saturated rings. The molecule has 2 atom stereocenters. The Kier molecular flexibility index (Phi) is 5.37. The van der Waals surface area contributed by atoms with E-state index in [1.165, 1.54) is 4.57 Å². The van der Waals surface area contributed by atoms with E-state index in [-0.39, 0.29) is 24.1 Å². The number of aromatic nitrogens is 1. The van der Waals surface area contributed by atoms with E-state index < -0.39 is 11.2 Å². The first-order chi connectivity index (χ1) is 18.3. The van der Waals surface area contributed by atoms with Crippen LogP contribution in [-0.2, 0) is 27.2 Å². The van der Waals surface area contributed by atoms with Crippen molar-refractivity contribution in [3.8, 4) is 29.3 Å². The molecule has 3 heterocycles. The second-order valence-electron chi connectivity index (χ2n) is 10.2. The standard InChI is InChI=1S/C30H27N3O5/c1-29-12-13-30(38-29,14-15-37-20-9-6-18(7-10-20)16-24(32)34)26-25(29)27(35)33(28(26)36)23-11-8-19(17-31)21-4-2-3-5-22(21)23/h2-11,35-36H,12-16H2,1H3,(H2,32,34)/t29-,30-/m1/s1. The topological polar surface area (TPSA) is 131 Å². The van der Waals surface area contributed by atoms with Crippen LogP contribution in [0.1, 0.15) is 48.4 Å². The van der Waals surface area contributed by atoms with Crippen LogP contribution in [0.3, 0.4) is 0 Å². The lowest BCUT2D eigenvalue weighted by atomic mass is 9.78. The van der Waals surface area contributed by atoms with Gasteiger partial charge in [-0.15, -0.1) is 0 Å². The van der Waals surface area contributed by atoms with Crippen LogP contribution in [-0.4, -0.2) is 27.3 Å². The molecule has 38 heavy (non-hydrogen) atoms. The highest BCUT2D eigenvalue weighted by atomic mass is 16.5. The molecule has 3 aromatic carbocycles. The Hall–Kier alpha value is -4.48. The van der Waals surface area contributed by atoms with Gasteiger partial charge in [-0.25, -0.2) is 0 Å². The van der Waals surface area contributed by atoms with Crippen LogP contribution in [0.4, 0.5) is 0 Å². The number of carbonyl (C=O) groups excluding carboxylic acids is 1. The molecule has 0 unspecified atom stereocenters. The smallest absolute Gasteiger partial charge is 0.221 e. The minimum absolute atomic E-state index is 0.0533. The Morgan fingerprint density at radius 3 is 2.47 bits per heavy atom. The number of benzene rings is 3. The van der Waals surface area contributed by atoms with Crippen molar-refractivity contribution in [2.24, 2.45) is 5.73 Å². The first-order valence-electron chi connectivity index (χ1n) is 12.6. The van der Waals surface area contributed by atoms with Crippen molar-refractivity contribution < 1.29 is 24.5 Å². The summed E-state index contributed by atoms with van der Waals surface area (Å²) in [6, 6.07) is 20.3. The molecule has 8 nitrogen and oxygen atoms in total. The number of fused-ring (bicyclic) bond motifs is 6. The van der Waals surface area contributed by atoms with Gasteiger partial charge in [-0.3, -0.25) is 9.36 Å².